The van der Waals surface area contributed by atoms with E-state index in [0.29, 0.717) is 23.1 Å². The number of esters is 1. The molecule has 1 aromatic heterocycles. The summed E-state index contributed by atoms with van der Waals surface area (Å²) in [5.41, 5.74) is 0.0991. The first-order chi connectivity index (χ1) is 13.7. The Bertz CT molecular complexity index is 946. The summed E-state index contributed by atoms with van der Waals surface area (Å²) >= 11 is 0. The summed E-state index contributed by atoms with van der Waals surface area (Å²) in [6.07, 6.45) is 1.08. The van der Waals surface area contributed by atoms with Gasteiger partial charge in [-0.1, -0.05) is 25.3 Å². The third-order valence-corrected chi connectivity index (χ3v) is 3.62. The van der Waals surface area contributed by atoms with Gasteiger partial charge < -0.3 is 24.5 Å². The number of aromatic hydroxyl groups is 1. The number of hydrogen-bond donors (Lipinski definition) is 2. The molecule has 0 fully saturated rings. The fraction of sp³-hybridized carbons (Fsp3) is 0.286. The number of nitrogens with one attached hydrogen (secondary N) is 1. The van der Waals surface area contributed by atoms with Crippen molar-refractivity contribution in [2.45, 2.75) is 13.5 Å². The molecule has 1 amide bonds. The monoisotopic (exact) mass is 402 g/mol. The van der Waals surface area contributed by atoms with Crippen LogP contribution < -0.4 is 10.9 Å². The Morgan fingerprint density at radius 1 is 1.31 bits per heavy atom. The minimum absolute atomic E-state index is 0.0175. The van der Waals surface area contributed by atoms with Crippen molar-refractivity contribution in [1.29, 1.82) is 0 Å². The fourth-order valence-electron chi connectivity index (χ4n) is 2.02. The van der Waals surface area contributed by atoms with Gasteiger partial charge in [0.25, 0.3) is 0 Å². The molecule has 0 radical (unpaired) electrons. The highest BCUT2D eigenvalue weighted by molar-refractivity contribution is 5.87. The normalized spacial score (nSPS) is 10.1. The van der Waals surface area contributed by atoms with Crippen LogP contribution in [0.5, 0.6) is 5.75 Å². The SMILES string of the molecule is C=C(C)C(=O)OCCN(C)C.C=CC(=O)NCc1c(O)c2ccccc2oc1=O. The second-order valence-corrected chi connectivity index (χ2v) is 6.35. The number of likely N-dealkylation sites (N-methyl/N-ethyl adjacent to an activating group) is 1. The molecule has 0 atom stereocenters. The number of fused-ring (bicyclic) bond motifs is 1. The second kappa shape index (κ2) is 11.5. The third-order valence-electron chi connectivity index (χ3n) is 3.62. The van der Waals surface area contributed by atoms with Crippen LogP contribution in [0.15, 0.2) is 58.3 Å². The molecule has 0 spiro atoms. The average Bonchev–Trinajstić information content (AvgIpc) is 2.67. The standard InChI is InChI=1S/C13H11NO4.C8H15NO2/c1-2-11(15)14-7-9-12(16)8-5-3-4-6-10(8)18-13(9)17;1-7(2)8(10)11-6-5-9(3)4/h2-6,16H,1,7H2,(H,14,15);1,5-6H2,2-4H3. The van der Waals surface area contributed by atoms with Crippen molar-refractivity contribution < 1.29 is 23.8 Å². The molecule has 2 N–H and O–H groups in total. The van der Waals surface area contributed by atoms with Gasteiger partial charge in [0, 0.05) is 12.1 Å². The van der Waals surface area contributed by atoms with E-state index in [4.69, 9.17) is 9.15 Å². The zero-order valence-corrected chi connectivity index (χ0v) is 16.9. The van der Waals surface area contributed by atoms with Crippen LogP contribution in [0.1, 0.15) is 12.5 Å². The molecule has 0 unspecified atom stereocenters. The minimum atomic E-state index is -0.671. The first kappa shape index (κ1) is 23.6. The summed E-state index contributed by atoms with van der Waals surface area (Å²) < 4.78 is 9.88. The first-order valence-corrected chi connectivity index (χ1v) is 8.78. The molecule has 8 nitrogen and oxygen atoms in total. The van der Waals surface area contributed by atoms with Crippen molar-refractivity contribution in [1.82, 2.24) is 10.2 Å². The van der Waals surface area contributed by atoms with Crippen molar-refractivity contribution in [3.05, 3.63) is 65.1 Å². The number of benzene rings is 1. The molecule has 2 aromatic rings. The van der Waals surface area contributed by atoms with Crippen molar-refractivity contribution in [2.75, 3.05) is 27.2 Å². The molecule has 0 bridgehead atoms. The van der Waals surface area contributed by atoms with Crippen LogP contribution in [0.25, 0.3) is 11.0 Å². The van der Waals surface area contributed by atoms with E-state index in [0.717, 1.165) is 12.6 Å². The zero-order chi connectivity index (χ0) is 22.0. The number of para-hydroxylation sites is 1. The van der Waals surface area contributed by atoms with Crippen molar-refractivity contribution in [2.24, 2.45) is 0 Å². The van der Waals surface area contributed by atoms with Gasteiger partial charge >= 0.3 is 11.6 Å². The topological polar surface area (TPSA) is 109 Å². The lowest BCUT2D eigenvalue weighted by Gasteiger charge is -2.09. The van der Waals surface area contributed by atoms with Crippen LogP contribution in [-0.4, -0.2) is 49.1 Å². The largest absolute Gasteiger partial charge is 0.507 e. The predicted molar refractivity (Wildman–Crippen MR) is 111 cm³/mol. The van der Waals surface area contributed by atoms with Crippen molar-refractivity contribution >= 4 is 22.8 Å². The number of ether oxygens (including phenoxy) is 1. The molecule has 0 aliphatic rings. The van der Waals surface area contributed by atoms with E-state index in [1.807, 2.05) is 19.0 Å². The fourth-order valence-corrected chi connectivity index (χ4v) is 2.02. The minimum Gasteiger partial charge on any atom is -0.507 e. The van der Waals surface area contributed by atoms with Gasteiger partial charge in [0.15, 0.2) is 0 Å². The molecule has 29 heavy (non-hydrogen) atoms. The van der Waals surface area contributed by atoms with Gasteiger partial charge in [-0.15, -0.1) is 0 Å². The lowest BCUT2D eigenvalue weighted by atomic mass is 10.1. The number of carbonyl (C=O) groups excluding carboxylic acids is 2. The maximum Gasteiger partial charge on any atom is 0.345 e. The van der Waals surface area contributed by atoms with Gasteiger partial charge in [0.2, 0.25) is 5.91 Å². The van der Waals surface area contributed by atoms with E-state index in [2.05, 4.69) is 18.5 Å². The van der Waals surface area contributed by atoms with E-state index in [1.54, 1.807) is 31.2 Å². The van der Waals surface area contributed by atoms with Gasteiger partial charge in [-0.2, -0.15) is 0 Å². The van der Waals surface area contributed by atoms with Crippen LogP contribution in [-0.2, 0) is 20.9 Å². The number of amides is 1. The molecular formula is C21H26N2O6. The number of rotatable bonds is 7. The highest BCUT2D eigenvalue weighted by atomic mass is 16.5. The van der Waals surface area contributed by atoms with Crippen molar-refractivity contribution in [3.63, 3.8) is 0 Å². The summed E-state index contributed by atoms with van der Waals surface area (Å²) in [5, 5.41) is 12.8. The quantitative estimate of drug-likeness (QED) is 0.414. The Kier molecular flexibility index (Phi) is 9.34. The highest BCUT2D eigenvalue weighted by Gasteiger charge is 2.13. The summed E-state index contributed by atoms with van der Waals surface area (Å²) in [6.45, 7) is 9.46. The molecular weight excluding hydrogens is 376 g/mol. The maximum absolute atomic E-state index is 11.7. The van der Waals surface area contributed by atoms with Crippen LogP contribution in [0.4, 0.5) is 0 Å². The maximum atomic E-state index is 11.7. The first-order valence-electron chi connectivity index (χ1n) is 8.78. The Labute approximate surface area is 169 Å². The second-order valence-electron chi connectivity index (χ2n) is 6.35. The molecule has 0 saturated carbocycles. The smallest absolute Gasteiger partial charge is 0.345 e. The molecule has 1 aromatic carbocycles. The van der Waals surface area contributed by atoms with Gasteiger partial charge in [0.05, 0.1) is 17.5 Å². The van der Waals surface area contributed by atoms with Crippen LogP contribution in [0.2, 0.25) is 0 Å². The molecule has 8 heteroatoms. The van der Waals surface area contributed by atoms with E-state index in [-0.39, 0.29) is 23.8 Å². The van der Waals surface area contributed by atoms with Crippen LogP contribution in [0.3, 0.4) is 0 Å². The molecule has 0 aliphatic carbocycles. The molecule has 1 heterocycles. The van der Waals surface area contributed by atoms with Gasteiger partial charge in [-0.25, -0.2) is 9.59 Å². The summed E-state index contributed by atoms with van der Waals surface area (Å²) in [6, 6.07) is 6.63. The molecule has 2 rings (SSSR count). The van der Waals surface area contributed by atoms with Gasteiger partial charge in [-0.05, 0) is 39.2 Å². The number of carbonyl (C=O) groups is 2. The van der Waals surface area contributed by atoms with E-state index < -0.39 is 11.5 Å². The zero-order valence-electron chi connectivity index (χ0n) is 16.9. The average molecular weight is 402 g/mol. The number of hydrogen-bond acceptors (Lipinski definition) is 7. The predicted octanol–water partition coefficient (Wildman–Crippen LogP) is 1.97. The van der Waals surface area contributed by atoms with Gasteiger partial charge in [-0.3, -0.25) is 4.79 Å². The van der Waals surface area contributed by atoms with Crippen molar-refractivity contribution in [3.8, 4) is 5.75 Å². The molecule has 0 saturated heterocycles. The lowest BCUT2D eigenvalue weighted by Crippen LogP contribution is -2.23. The Morgan fingerprint density at radius 2 is 1.97 bits per heavy atom. The summed E-state index contributed by atoms with van der Waals surface area (Å²) in [7, 11) is 3.85. The Hall–Kier alpha value is -3.39. The lowest BCUT2D eigenvalue weighted by molar-refractivity contribution is -0.139. The Morgan fingerprint density at radius 3 is 2.55 bits per heavy atom. The third kappa shape index (κ3) is 7.63. The summed E-state index contributed by atoms with van der Waals surface area (Å²) in [4.78, 5) is 35.4. The Balaban J connectivity index is 0.000000331. The molecule has 156 valence electrons. The van der Waals surface area contributed by atoms with E-state index in [9.17, 15) is 19.5 Å². The van der Waals surface area contributed by atoms with Crippen LogP contribution >= 0.6 is 0 Å². The highest BCUT2D eigenvalue weighted by Crippen LogP contribution is 2.25. The van der Waals surface area contributed by atoms with E-state index in [1.165, 1.54) is 0 Å². The van der Waals surface area contributed by atoms with Gasteiger partial charge in [0.1, 0.15) is 17.9 Å². The van der Waals surface area contributed by atoms with Crippen LogP contribution in [0, 0.1) is 0 Å². The number of nitrogens with zero attached hydrogens (tertiary/aromatic N) is 1. The summed E-state index contributed by atoms with van der Waals surface area (Å²) in [5.74, 6) is -0.917. The molecule has 0 aliphatic heterocycles. The van der Waals surface area contributed by atoms with E-state index >= 15 is 0 Å².